The smallest absolute Gasteiger partial charge is 0.260 e. The summed E-state index contributed by atoms with van der Waals surface area (Å²) in [6.45, 7) is 13.1. The van der Waals surface area contributed by atoms with Crippen molar-refractivity contribution in [3.8, 4) is 0 Å². The van der Waals surface area contributed by atoms with Gasteiger partial charge in [0.2, 0.25) is 5.91 Å². The molecular formula is C18H35F2N3O. The van der Waals surface area contributed by atoms with Crippen LogP contribution in [0.3, 0.4) is 0 Å². The molecular weight excluding hydrogens is 312 g/mol. The van der Waals surface area contributed by atoms with Crippen LogP contribution in [0, 0.1) is 5.92 Å². The van der Waals surface area contributed by atoms with E-state index in [0.717, 1.165) is 0 Å². The van der Waals surface area contributed by atoms with Gasteiger partial charge in [-0.05, 0) is 40.0 Å². The van der Waals surface area contributed by atoms with Crippen molar-refractivity contribution in [1.29, 1.82) is 0 Å². The molecule has 0 aromatic rings. The number of carbonyl (C=O) groups excluding carboxylic acids is 1. The van der Waals surface area contributed by atoms with Crippen LogP contribution >= 0.6 is 0 Å². The Hall–Kier alpha value is -0.750. The Balaban J connectivity index is 2.54. The molecule has 2 unspecified atom stereocenters. The fourth-order valence-corrected chi connectivity index (χ4v) is 3.35. The van der Waals surface area contributed by atoms with Gasteiger partial charge >= 0.3 is 0 Å². The molecule has 2 atom stereocenters. The Morgan fingerprint density at radius 3 is 2.17 bits per heavy atom. The lowest BCUT2D eigenvalue weighted by atomic mass is 10.0. The molecule has 0 aromatic heterocycles. The van der Waals surface area contributed by atoms with E-state index in [4.69, 9.17) is 0 Å². The number of hydrogen-bond acceptors (Lipinski definition) is 3. The van der Waals surface area contributed by atoms with E-state index in [1.54, 1.807) is 0 Å². The summed E-state index contributed by atoms with van der Waals surface area (Å²) in [4.78, 5) is 16.0. The first kappa shape index (κ1) is 21.3. The SMILES string of the molecule is CC(C)CCC(F)(F)CN1CC(C)N(CC(=O)NC(C)C)C(C)C1. The molecule has 0 saturated carbocycles. The second-order valence-corrected chi connectivity index (χ2v) is 8.08. The van der Waals surface area contributed by atoms with E-state index in [-0.39, 0.29) is 37.0 Å². The highest BCUT2D eigenvalue weighted by atomic mass is 19.3. The Bertz CT molecular complexity index is 390. The van der Waals surface area contributed by atoms with Gasteiger partial charge in [0, 0.05) is 37.6 Å². The minimum Gasteiger partial charge on any atom is -0.353 e. The van der Waals surface area contributed by atoms with E-state index in [9.17, 15) is 13.6 Å². The lowest BCUT2D eigenvalue weighted by Gasteiger charge is -2.45. The van der Waals surface area contributed by atoms with Gasteiger partial charge in [0.25, 0.3) is 5.92 Å². The topological polar surface area (TPSA) is 35.6 Å². The number of alkyl halides is 2. The highest BCUT2D eigenvalue weighted by Gasteiger charge is 2.37. The molecule has 1 N–H and O–H groups in total. The lowest BCUT2D eigenvalue weighted by Crippen LogP contribution is -2.60. The van der Waals surface area contributed by atoms with E-state index in [1.165, 1.54) is 0 Å². The molecule has 1 rings (SSSR count). The van der Waals surface area contributed by atoms with Crippen molar-refractivity contribution in [2.75, 3.05) is 26.2 Å². The third-order valence-corrected chi connectivity index (χ3v) is 4.50. The molecule has 1 amide bonds. The summed E-state index contributed by atoms with van der Waals surface area (Å²) < 4.78 is 28.3. The first-order valence-electron chi connectivity index (χ1n) is 9.15. The van der Waals surface area contributed by atoms with Crippen LogP contribution in [0.5, 0.6) is 0 Å². The predicted molar refractivity (Wildman–Crippen MR) is 94.4 cm³/mol. The fraction of sp³-hybridized carbons (Fsp3) is 0.944. The highest BCUT2D eigenvalue weighted by molar-refractivity contribution is 5.78. The van der Waals surface area contributed by atoms with E-state index >= 15 is 0 Å². The fourth-order valence-electron chi connectivity index (χ4n) is 3.35. The molecule has 1 fully saturated rings. The van der Waals surface area contributed by atoms with Crippen LogP contribution in [0.25, 0.3) is 0 Å². The number of amides is 1. The molecule has 0 aliphatic carbocycles. The quantitative estimate of drug-likeness (QED) is 0.733. The molecule has 1 aliphatic rings. The van der Waals surface area contributed by atoms with Gasteiger partial charge in [-0.15, -0.1) is 0 Å². The first-order chi connectivity index (χ1) is 11.0. The molecule has 0 bridgehead atoms. The zero-order chi connectivity index (χ0) is 18.5. The molecule has 1 aliphatic heterocycles. The predicted octanol–water partition coefficient (Wildman–Crippen LogP) is 2.98. The third-order valence-electron chi connectivity index (χ3n) is 4.50. The van der Waals surface area contributed by atoms with Gasteiger partial charge in [-0.2, -0.15) is 0 Å². The summed E-state index contributed by atoms with van der Waals surface area (Å²) in [5.74, 6) is -2.34. The first-order valence-corrected chi connectivity index (χ1v) is 9.15. The minimum atomic E-state index is -2.64. The van der Waals surface area contributed by atoms with Gasteiger partial charge in [-0.1, -0.05) is 13.8 Å². The second-order valence-electron chi connectivity index (χ2n) is 8.08. The Labute approximate surface area is 145 Å². The van der Waals surface area contributed by atoms with Gasteiger partial charge in [0.05, 0.1) is 13.1 Å². The minimum absolute atomic E-state index is 0.000543. The van der Waals surface area contributed by atoms with Gasteiger partial charge < -0.3 is 5.32 Å². The molecule has 6 heteroatoms. The van der Waals surface area contributed by atoms with Gasteiger partial charge in [0.15, 0.2) is 0 Å². The number of nitrogens with one attached hydrogen (secondary N) is 1. The summed E-state index contributed by atoms with van der Waals surface area (Å²) in [6.07, 6.45) is 0.498. The molecule has 24 heavy (non-hydrogen) atoms. The summed E-state index contributed by atoms with van der Waals surface area (Å²) in [6, 6.07) is 0.296. The number of carbonyl (C=O) groups is 1. The average molecular weight is 347 g/mol. The van der Waals surface area contributed by atoms with Gasteiger partial charge in [0.1, 0.15) is 0 Å². The van der Waals surface area contributed by atoms with Crippen LogP contribution in [-0.2, 0) is 4.79 Å². The number of nitrogens with zero attached hydrogens (tertiary/aromatic N) is 2. The van der Waals surface area contributed by atoms with Crippen LogP contribution in [-0.4, -0.2) is 65.9 Å². The molecule has 142 valence electrons. The maximum Gasteiger partial charge on any atom is 0.260 e. The highest BCUT2D eigenvalue weighted by Crippen LogP contribution is 2.26. The van der Waals surface area contributed by atoms with E-state index in [2.05, 4.69) is 10.2 Å². The van der Waals surface area contributed by atoms with Crippen LogP contribution < -0.4 is 5.32 Å². The monoisotopic (exact) mass is 347 g/mol. The maximum atomic E-state index is 14.2. The van der Waals surface area contributed by atoms with Crippen LogP contribution in [0.15, 0.2) is 0 Å². The zero-order valence-corrected chi connectivity index (χ0v) is 16.1. The molecule has 0 spiro atoms. The van der Waals surface area contributed by atoms with E-state index < -0.39 is 5.92 Å². The van der Waals surface area contributed by atoms with Crippen LogP contribution in [0.4, 0.5) is 8.78 Å². The van der Waals surface area contributed by atoms with Gasteiger partial charge in [-0.3, -0.25) is 14.6 Å². The molecule has 1 heterocycles. The Morgan fingerprint density at radius 1 is 1.17 bits per heavy atom. The second kappa shape index (κ2) is 9.09. The summed E-state index contributed by atoms with van der Waals surface area (Å²) in [5.41, 5.74) is 0. The van der Waals surface area contributed by atoms with Crippen molar-refractivity contribution in [2.24, 2.45) is 5.92 Å². The summed E-state index contributed by atoms with van der Waals surface area (Å²) in [7, 11) is 0. The van der Waals surface area contributed by atoms with Crippen molar-refractivity contribution in [2.45, 2.75) is 78.4 Å². The van der Waals surface area contributed by atoms with Crippen molar-refractivity contribution in [3.05, 3.63) is 0 Å². The van der Waals surface area contributed by atoms with Crippen molar-refractivity contribution < 1.29 is 13.6 Å². The summed E-state index contributed by atoms with van der Waals surface area (Å²) >= 11 is 0. The molecule has 4 nitrogen and oxygen atoms in total. The molecule has 0 aromatic carbocycles. The summed E-state index contributed by atoms with van der Waals surface area (Å²) in [5, 5.41) is 2.89. The van der Waals surface area contributed by atoms with E-state index in [1.807, 2.05) is 46.4 Å². The zero-order valence-electron chi connectivity index (χ0n) is 16.1. The number of rotatable bonds is 8. The average Bonchev–Trinajstić information content (AvgIpc) is 2.39. The van der Waals surface area contributed by atoms with Crippen LogP contribution in [0.2, 0.25) is 0 Å². The Morgan fingerprint density at radius 2 is 1.71 bits per heavy atom. The van der Waals surface area contributed by atoms with Crippen molar-refractivity contribution >= 4 is 5.91 Å². The van der Waals surface area contributed by atoms with Gasteiger partial charge in [-0.25, -0.2) is 8.78 Å². The largest absolute Gasteiger partial charge is 0.353 e. The maximum absolute atomic E-state index is 14.2. The lowest BCUT2D eigenvalue weighted by molar-refractivity contribution is -0.125. The van der Waals surface area contributed by atoms with Crippen LogP contribution in [0.1, 0.15) is 54.4 Å². The Kier molecular flexibility index (Phi) is 8.06. The molecule has 0 radical (unpaired) electrons. The standard InChI is InChI=1S/C18H35F2N3O/c1-13(2)7-8-18(19,20)12-22-9-15(5)23(16(6)10-22)11-17(24)21-14(3)4/h13-16H,7-12H2,1-6H3,(H,21,24). The third kappa shape index (κ3) is 7.43. The van der Waals surface area contributed by atoms with E-state index in [0.29, 0.717) is 32.0 Å². The number of piperazine rings is 1. The van der Waals surface area contributed by atoms with Crippen molar-refractivity contribution in [1.82, 2.24) is 15.1 Å². The van der Waals surface area contributed by atoms with Crippen molar-refractivity contribution in [3.63, 3.8) is 0 Å². The molecule has 1 saturated heterocycles. The normalized spacial score (nSPS) is 23.9. The number of hydrogen-bond donors (Lipinski definition) is 1. The number of halogens is 2.